The first-order valence-corrected chi connectivity index (χ1v) is 3.77. The minimum atomic E-state index is -1.16. The molecule has 70 valence electrons. The summed E-state index contributed by atoms with van der Waals surface area (Å²) < 4.78 is 4.60. The Morgan fingerprint density at radius 2 is 2.17 bits per heavy atom. The van der Waals surface area contributed by atoms with Crippen LogP contribution in [0.1, 0.15) is 13.3 Å². The van der Waals surface area contributed by atoms with E-state index in [0.717, 1.165) is 0 Å². The third-order valence-electron chi connectivity index (χ3n) is 1.87. The highest BCUT2D eigenvalue weighted by Gasteiger charge is 2.38. The van der Waals surface area contributed by atoms with Gasteiger partial charge in [-0.2, -0.15) is 0 Å². The Bertz CT molecular complexity index is 179. The second kappa shape index (κ2) is 3.38. The van der Waals surface area contributed by atoms with Gasteiger partial charge in [0, 0.05) is 6.42 Å². The second-order valence-corrected chi connectivity index (χ2v) is 2.96. The van der Waals surface area contributed by atoms with Crippen molar-refractivity contribution in [2.75, 3.05) is 0 Å². The lowest BCUT2D eigenvalue weighted by molar-refractivity contribution is -0.152. The summed E-state index contributed by atoms with van der Waals surface area (Å²) >= 11 is 0. The molecule has 1 aliphatic heterocycles. The summed E-state index contributed by atoms with van der Waals surface area (Å²) in [4.78, 5) is 10.6. The Morgan fingerprint density at radius 3 is 2.50 bits per heavy atom. The fourth-order valence-electron chi connectivity index (χ4n) is 1.11. The minimum Gasteiger partial charge on any atom is -0.457 e. The Morgan fingerprint density at radius 1 is 1.58 bits per heavy atom. The first kappa shape index (κ1) is 9.44. The fourth-order valence-corrected chi connectivity index (χ4v) is 1.11. The van der Waals surface area contributed by atoms with Gasteiger partial charge in [-0.05, 0) is 6.92 Å². The molecule has 0 saturated carbocycles. The van der Waals surface area contributed by atoms with Crippen molar-refractivity contribution in [3.8, 4) is 0 Å². The standard InChI is InChI=1S/C7H12O5/c1-3(8)6(10)5-2-4(9)7(11)12-5/h3-6,8-10H,2H2,1H3/t3-,4+,5+,6-/m1/s1. The van der Waals surface area contributed by atoms with E-state index in [1.807, 2.05) is 0 Å². The molecule has 0 radical (unpaired) electrons. The van der Waals surface area contributed by atoms with Gasteiger partial charge in [-0.15, -0.1) is 0 Å². The number of cyclic esters (lactones) is 1. The molecular weight excluding hydrogens is 164 g/mol. The number of ether oxygens (including phenoxy) is 1. The van der Waals surface area contributed by atoms with Crippen molar-refractivity contribution in [3.05, 3.63) is 0 Å². The highest BCUT2D eigenvalue weighted by atomic mass is 16.6. The maximum atomic E-state index is 10.6. The van der Waals surface area contributed by atoms with E-state index < -0.39 is 30.4 Å². The van der Waals surface area contributed by atoms with Gasteiger partial charge in [-0.3, -0.25) is 0 Å². The molecule has 1 saturated heterocycles. The topological polar surface area (TPSA) is 87.0 Å². The van der Waals surface area contributed by atoms with Gasteiger partial charge < -0.3 is 20.1 Å². The predicted molar refractivity (Wildman–Crippen MR) is 38.2 cm³/mol. The molecule has 5 heteroatoms. The molecule has 1 heterocycles. The number of carbonyl (C=O) groups excluding carboxylic acids is 1. The van der Waals surface area contributed by atoms with Gasteiger partial charge in [0.2, 0.25) is 0 Å². The van der Waals surface area contributed by atoms with Crippen LogP contribution in [-0.4, -0.2) is 45.7 Å². The summed E-state index contributed by atoms with van der Waals surface area (Å²) in [6, 6.07) is 0. The van der Waals surface area contributed by atoms with Gasteiger partial charge in [0.05, 0.1) is 6.10 Å². The van der Waals surface area contributed by atoms with Crippen LogP contribution in [0.4, 0.5) is 0 Å². The Hall–Kier alpha value is -0.650. The monoisotopic (exact) mass is 176 g/mol. The number of aliphatic hydroxyl groups excluding tert-OH is 3. The molecule has 0 aromatic rings. The first-order chi connectivity index (χ1) is 5.52. The molecule has 5 nitrogen and oxygen atoms in total. The molecule has 1 aliphatic rings. The number of aliphatic hydroxyl groups is 3. The quantitative estimate of drug-likeness (QED) is 0.441. The molecule has 0 amide bonds. The molecule has 1 fully saturated rings. The van der Waals surface area contributed by atoms with Gasteiger partial charge in [0.15, 0.2) is 6.10 Å². The van der Waals surface area contributed by atoms with Gasteiger partial charge in [0.25, 0.3) is 0 Å². The average molecular weight is 176 g/mol. The largest absolute Gasteiger partial charge is 0.457 e. The average Bonchev–Trinajstić information content (AvgIpc) is 2.30. The van der Waals surface area contributed by atoms with E-state index >= 15 is 0 Å². The van der Waals surface area contributed by atoms with Gasteiger partial charge in [0.1, 0.15) is 12.2 Å². The molecule has 0 aromatic carbocycles. The number of hydrogen-bond donors (Lipinski definition) is 3. The Labute approximate surface area is 69.6 Å². The highest BCUT2D eigenvalue weighted by molar-refractivity contribution is 5.76. The van der Waals surface area contributed by atoms with Crippen molar-refractivity contribution in [3.63, 3.8) is 0 Å². The molecule has 0 spiro atoms. The molecular formula is C7H12O5. The summed E-state index contributed by atoms with van der Waals surface area (Å²) in [5, 5.41) is 27.1. The van der Waals surface area contributed by atoms with E-state index in [2.05, 4.69) is 4.74 Å². The number of esters is 1. The molecule has 1 rings (SSSR count). The smallest absolute Gasteiger partial charge is 0.335 e. The predicted octanol–water partition coefficient (Wildman–Crippen LogP) is -1.60. The Balaban J connectivity index is 2.51. The third kappa shape index (κ3) is 1.74. The van der Waals surface area contributed by atoms with E-state index in [1.165, 1.54) is 6.92 Å². The second-order valence-electron chi connectivity index (χ2n) is 2.96. The lowest BCUT2D eigenvalue weighted by atomic mass is 10.1. The summed E-state index contributed by atoms with van der Waals surface area (Å²) in [6.07, 6.45) is -3.99. The van der Waals surface area contributed by atoms with E-state index in [4.69, 9.17) is 10.2 Å². The van der Waals surface area contributed by atoms with E-state index in [9.17, 15) is 9.90 Å². The molecule has 0 bridgehead atoms. The van der Waals surface area contributed by atoms with Crippen LogP contribution in [0.25, 0.3) is 0 Å². The van der Waals surface area contributed by atoms with Gasteiger partial charge >= 0.3 is 5.97 Å². The van der Waals surface area contributed by atoms with E-state index in [0.29, 0.717) is 0 Å². The van der Waals surface area contributed by atoms with Gasteiger partial charge in [-0.1, -0.05) is 0 Å². The maximum Gasteiger partial charge on any atom is 0.335 e. The lowest BCUT2D eigenvalue weighted by Crippen LogP contribution is -2.35. The minimum absolute atomic E-state index is 0.0465. The van der Waals surface area contributed by atoms with Crippen LogP contribution in [0.2, 0.25) is 0 Å². The Kier molecular flexibility index (Phi) is 2.66. The number of hydrogen-bond acceptors (Lipinski definition) is 5. The SMILES string of the molecule is C[C@@H](O)[C@@H](O)[C@@H]1C[C@H](O)C(=O)O1. The van der Waals surface area contributed by atoms with Crippen molar-refractivity contribution in [2.45, 2.75) is 37.8 Å². The number of carbonyl (C=O) groups is 1. The molecule has 3 N–H and O–H groups in total. The molecule has 0 aliphatic carbocycles. The summed E-state index contributed by atoms with van der Waals surface area (Å²) in [5.74, 6) is -0.736. The van der Waals surface area contributed by atoms with Crippen LogP contribution in [0.15, 0.2) is 0 Å². The van der Waals surface area contributed by atoms with Crippen molar-refractivity contribution in [1.29, 1.82) is 0 Å². The van der Waals surface area contributed by atoms with Crippen LogP contribution in [0.3, 0.4) is 0 Å². The number of rotatable bonds is 2. The zero-order valence-electron chi connectivity index (χ0n) is 6.67. The fraction of sp³-hybridized carbons (Fsp3) is 0.857. The third-order valence-corrected chi connectivity index (χ3v) is 1.87. The molecule has 12 heavy (non-hydrogen) atoms. The zero-order valence-corrected chi connectivity index (χ0v) is 6.67. The van der Waals surface area contributed by atoms with Crippen LogP contribution in [0, 0.1) is 0 Å². The first-order valence-electron chi connectivity index (χ1n) is 3.77. The summed E-state index contributed by atoms with van der Waals surface area (Å²) in [6.45, 7) is 1.39. The van der Waals surface area contributed by atoms with Gasteiger partial charge in [-0.25, -0.2) is 4.79 Å². The lowest BCUT2D eigenvalue weighted by Gasteiger charge is -2.18. The summed E-state index contributed by atoms with van der Waals surface area (Å²) in [7, 11) is 0. The normalized spacial score (nSPS) is 34.5. The molecule has 4 atom stereocenters. The summed E-state index contributed by atoms with van der Waals surface area (Å²) in [5.41, 5.74) is 0. The molecule has 0 aromatic heterocycles. The zero-order chi connectivity index (χ0) is 9.30. The van der Waals surface area contributed by atoms with Crippen LogP contribution in [0.5, 0.6) is 0 Å². The highest BCUT2D eigenvalue weighted by Crippen LogP contribution is 2.19. The molecule has 0 unspecified atom stereocenters. The van der Waals surface area contributed by atoms with Crippen LogP contribution in [-0.2, 0) is 9.53 Å². The van der Waals surface area contributed by atoms with Crippen molar-refractivity contribution >= 4 is 5.97 Å². The van der Waals surface area contributed by atoms with Crippen molar-refractivity contribution in [1.82, 2.24) is 0 Å². The van der Waals surface area contributed by atoms with E-state index in [1.54, 1.807) is 0 Å². The maximum absolute atomic E-state index is 10.6. The van der Waals surface area contributed by atoms with Crippen LogP contribution >= 0.6 is 0 Å². The van der Waals surface area contributed by atoms with Crippen LogP contribution < -0.4 is 0 Å². The van der Waals surface area contributed by atoms with Crippen molar-refractivity contribution < 1.29 is 24.9 Å². The van der Waals surface area contributed by atoms with E-state index in [-0.39, 0.29) is 6.42 Å². The van der Waals surface area contributed by atoms with Crippen molar-refractivity contribution in [2.24, 2.45) is 0 Å².